The van der Waals surface area contributed by atoms with E-state index in [1.807, 2.05) is 24.3 Å². The van der Waals surface area contributed by atoms with E-state index in [1.54, 1.807) is 29.0 Å². The molecule has 0 spiro atoms. The fourth-order valence-electron chi connectivity index (χ4n) is 3.35. The largest absolute Gasteiger partial charge is 0.492 e. The van der Waals surface area contributed by atoms with Gasteiger partial charge in [0, 0.05) is 25.4 Å². The van der Waals surface area contributed by atoms with Gasteiger partial charge in [-0.25, -0.2) is 4.39 Å². The van der Waals surface area contributed by atoms with Gasteiger partial charge in [-0.1, -0.05) is 38.1 Å². The van der Waals surface area contributed by atoms with Crippen molar-refractivity contribution in [2.75, 3.05) is 26.2 Å². The molecule has 0 aliphatic heterocycles. The number of aromatic nitrogens is 1. The molecule has 5 nitrogen and oxygen atoms in total. The average molecular weight is 439 g/mol. The van der Waals surface area contributed by atoms with Crippen LogP contribution < -0.4 is 15.0 Å². The summed E-state index contributed by atoms with van der Waals surface area (Å²) in [4.78, 5) is 14.7. The van der Waals surface area contributed by atoms with Crippen LogP contribution in [-0.2, 0) is 19.6 Å². The van der Waals surface area contributed by atoms with Crippen molar-refractivity contribution in [1.29, 1.82) is 0 Å². The molecule has 0 unspecified atom stereocenters. The van der Waals surface area contributed by atoms with Gasteiger partial charge in [0.25, 0.3) is 5.56 Å². The summed E-state index contributed by atoms with van der Waals surface area (Å²) >= 11 is 0. The topological polar surface area (TPSA) is 43.7 Å². The van der Waals surface area contributed by atoms with Gasteiger partial charge in [0.1, 0.15) is 30.5 Å². The predicted octanol–water partition coefficient (Wildman–Crippen LogP) is 4.53. The standard InChI is InChI=1S/C26H31FN2O3/c1-3-28(4-2)17-18-31-24-11-7-21(8-12-24)13-15-29-16-14-25(19-26(29)30)32-20-22-5-9-23(27)10-6-22/h5-12,14,16,19H,3-4,13,15,17-18,20H2,1-2H3. The summed E-state index contributed by atoms with van der Waals surface area (Å²) in [5, 5.41) is 0. The predicted molar refractivity (Wildman–Crippen MR) is 125 cm³/mol. The van der Waals surface area contributed by atoms with Crippen LogP contribution in [0.1, 0.15) is 25.0 Å². The lowest BCUT2D eigenvalue weighted by Crippen LogP contribution is -2.27. The number of benzene rings is 2. The Morgan fingerprint density at radius 2 is 1.56 bits per heavy atom. The molecule has 0 fully saturated rings. The van der Waals surface area contributed by atoms with Crippen molar-refractivity contribution in [1.82, 2.24) is 9.47 Å². The highest BCUT2D eigenvalue weighted by molar-refractivity contribution is 5.27. The first-order valence-electron chi connectivity index (χ1n) is 11.1. The van der Waals surface area contributed by atoms with Crippen molar-refractivity contribution in [2.24, 2.45) is 0 Å². The lowest BCUT2D eigenvalue weighted by atomic mass is 10.1. The van der Waals surface area contributed by atoms with Crippen molar-refractivity contribution in [3.05, 3.63) is 94.2 Å². The summed E-state index contributed by atoms with van der Waals surface area (Å²) in [7, 11) is 0. The van der Waals surface area contributed by atoms with Gasteiger partial charge >= 0.3 is 0 Å². The van der Waals surface area contributed by atoms with Gasteiger partial charge in [-0.05, 0) is 61.0 Å². The van der Waals surface area contributed by atoms with E-state index < -0.39 is 0 Å². The molecule has 32 heavy (non-hydrogen) atoms. The maximum atomic E-state index is 13.0. The molecule has 0 atom stereocenters. The van der Waals surface area contributed by atoms with Crippen LogP contribution in [0.4, 0.5) is 4.39 Å². The number of nitrogens with zero attached hydrogens (tertiary/aromatic N) is 2. The lowest BCUT2D eigenvalue weighted by molar-refractivity contribution is 0.223. The maximum Gasteiger partial charge on any atom is 0.254 e. The molecule has 3 rings (SSSR count). The minimum atomic E-state index is -0.284. The Bertz CT molecular complexity index is 1010. The monoisotopic (exact) mass is 438 g/mol. The summed E-state index contributed by atoms with van der Waals surface area (Å²) < 4.78 is 26.1. The van der Waals surface area contributed by atoms with Crippen LogP contribution >= 0.6 is 0 Å². The molecular formula is C26H31FN2O3. The van der Waals surface area contributed by atoms with Crippen molar-refractivity contribution >= 4 is 0 Å². The molecule has 1 aromatic heterocycles. The number of halogens is 1. The number of ether oxygens (including phenoxy) is 2. The normalized spacial score (nSPS) is 11.0. The lowest BCUT2D eigenvalue weighted by Gasteiger charge is -2.18. The molecule has 0 aliphatic rings. The van der Waals surface area contributed by atoms with Crippen LogP contribution in [0.25, 0.3) is 0 Å². The second-order valence-electron chi connectivity index (χ2n) is 7.58. The van der Waals surface area contributed by atoms with Crippen LogP contribution in [-0.4, -0.2) is 35.7 Å². The quantitative estimate of drug-likeness (QED) is 0.417. The molecule has 0 saturated heterocycles. The Morgan fingerprint density at radius 3 is 2.22 bits per heavy atom. The van der Waals surface area contributed by atoms with E-state index in [-0.39, 0.29) is 18.0 Å². The van der Waals surface area contributed by atoms with Crippen LogP contribution in [0.5, 0.6) is 11.5 Å². The highest BCUT2D eigenvalue weighted by Gasteiger charge is 2.03. The van der Waals surface area contributed by atoms with E-state index in [0.717, 1.165) is 42.9 Å². The number of likely N-dealkylation sites (N-methyl/N-ethyl adjacent to an activating group) is 1. The molecule has 0 aliphatic carbocycles. The summed E-state index contributed by atoms with van der Waals surface area (Å²) in [6.45, 7) is 8.81. The number of rotatable bonds is 12. The molecule has 0 saturated carbocycles. The third-order valence-electron chi connectivity index (χ3n) is 5.42. The zero-order valence-electron chi connectivity index (χ0n) is 18.8. The molecule has 0 amide bonds. The molecule has 6 heteroatoms. The van der Waals surface area contributed by atoms with Gasteiger partial charge < -0.3 is 18.9 Å². The van der Waals surface area contributed by atoms with E-state index in [1.165, 1.54) is 18.2 Å². The molecular weight excluding hydrogens is 407 g/mol. The van der Waals surface area contributed by atoms with E-state index in [0.29, 0.717) is 18.9 Å². The third-order valence-corrected chi connectivity index (χ3v) is 5.42. The molecule has 3 aromatic rings. The average Bonchev–Trinajstić information content (AvgIpc) is 2.82. The molecule has 2 aromatic carbocycles. The van der Waals surface area contributed by atoms with E-state index in [2.05, 4.69) is 18.7 Å². The Labute approximate surface area is 189 Å². The van der Waals surface area contributed by atoms with Gasteiger partial charge in [0.05, 0.1) is 0 Å². The molecule has 0 radical (unpaired) electrons. The highest BCUT2D eigenvalue weighted by atomic mass is 19.1. The van der Waals surface area contributed by atoms with Gasteiger partial charge in [0.15, 0.2) is 0 Å². The maximum absolute atomic E-state index is 13.0. The molecule has 170 valence electrons. The number of hydrogen-bond acceptors (Lipinski definition) is 4. The van der Waals surface area contributed by atoms with E-state index >= 15 is 0 Å². The minimum Gasteiger partial charge on any atom is -0.492 e. The fraction of sp³-hybridized carbons (Fsp3) is 0.346. The first-order chi connectivity index (χ1) is 15.6. The second-order valence-corrected chi connectivity index (χ2v) is 7.58. The van der Waals surface area contributed by atoms with Crippen molar-refractivity contribution in [2.45, 2.75) is 33.4 Å². The Hall–Kier alpha value is -3.12. The Kier molecular flexibility index (Phi) is 8.87. The molecule has 1 heterocycles. The van der Waals surface area contributed by atoms with Gasteiger partial charge in [-0.3, -0.25) is 4.79 Å². The van der Waals surface area contributed by atoms with E-state index in [9.17, 15) is 9.18 Å². The minimum absolute atomic E-state index is 0.113. The first kappa shape index (κ1) is 23.5. The highest BCUT2D eigenvalue weighted by Crippen LogP contribution is 2.14. The number of aryl methyl sites for hydroxylation is 2. The van der Waals surface area contributed by atoms with Crippen molar-refractivity contribution < 1.29 is 13.9 Å². The number of hydrogen-bond donors (Lipinski definition) is 0. The van der Waals surface area contributed by atoms with Crippen molar-refractivity contribution in [3.8, 4) is 11.5 Å². The molecule has 0 bridgehead atoms. The zero-order chi connectivity index (χ0) is 22.8. The SMILES string of the molecule is CCN(CC)CCOc1ccc(CCn2ccc(OCc3ccc(F)cc3)cc2=O)cc1. The summed E-state index contributed by atoms with van der Waals surface area (Å²) in [5.41, 5.74) is 1.87. The smallest absolute Gasteiger partial charge is 0.254 e. The Balaban J connectivity index is 1.46. The van der Waals surface area contributed by atoms with Crippen LogP contribution in [0.3, 0.4) is 0 Å². The summed E-state index contributed by atoms with van der Waals surface area (Å²) in [5.74, 6) is 1.08. The third kappa shape index (κ3) is 7.24. The summed E-state index contributed by atoms with van der Waals surface area (Å²) in [6, 6.07) is 17.4. The Morgan fingerprint density at radius 1 is 0.875 bits per heavy atom. The second kappa shape index (κ2) is 12.1. The van der Waals surface area contributed by atoms with Gasteiger partial charge in [-0.2, -0.15) is 0 Å². The van der Waals surface area contributed by atoms with Gasteiger partial charge in [-0.15, -0.1) is 0 Å². The zero-order valence-corrected chi connectivity index (χ0v) is 18.8. The van der Waals surface area contributed by atoms with Crippen LogP contribution in [0.15, 0.2) is 71.7 Å². The van der Waals surface area contributed by atoms with Gasteiger partial charge in [0.2, 0.25) is 0 Å². The van der Waals surface area contributed by atoms with Crippen LogP contribution in [0, 0.1) is 5.82 Å². The first-order valence-corrected chi connectivity index (χ1v) is 11.1. The van der Waals surface area contributed by atoms with Crippen molar-refractivity contribution in [3.63, 3.8) is 0 Å². The molecule has 0 N–H and O–H groups in total. The van der Waals surface area contributed by atoms with Crippen LogP contribution in [0.2, 0.25) is 0 Å². The fourth-order valence-corrected chi connectivity index (χ4v) is 3.35. The summed E-state index contributed by atoms with van der Waals surface area (Å²) in [6.07, 6.45) is 2.49. The number of pyridine rings is 1. The van der Waals surface area contributed by atoms with E-state index in [4.69, 9.17) is 9.47 Å².